The molecule has 0 saturated carbocycles. The SMILES string of the molecule is CCOc1cccc(C(Nc2ccc3c(N)nccc3c2)C(=O)NCc2ccccc2C(=O)N(C)C)c1OC(C)C. The Labute approximate surface area is 240 Å². The van der Waals surface area contributed by atoms with Crippen molar-refractivity contribution in [2.75, 3.05) is 31.8 Å². The van der Waals surface area contributed by atoms with Crippen molar-refractivity contribution in [3.05, 3.63) is 89.6 Å². The molecule has 4 rings (SSSR count). The van der Waals surface area contributed by atoms with E-state index in [1.54, 1.807) is 26.4 Å². The van der Waals surface area contributed by atoms with Crippen LogP contribution in [-0.2, 0) is 11.3 Å². The number of para-hydroxylation sites is 1. The summed E-state index contributed by atoms with van der Waals surface area (Å²) in [5.41, 5.74) is 8.63. The van der Waals surface area contributed by atoms with Gasteiger partial charge in [-0.3, -0.25) is 9.59 Å². The minimum atomic E-state index is -0.850. The maximum atomic E-state index is 14.0. The average molecular weight is 556 g/mol. The van der Waals surface area contributed by atoms with Crippen LogP contribution in [-0.4, -0.2) is 48.5 Å². The summed E-state index contributed by atoms with van der Waals surface area (Å²) < 4.78 is 12.1. The van der Waals surface area contributed by atoms with Gasteiger partial charge in [0.2, 0.25) is 5.91 Å². The van der Waals surface area contributed by atoms with E-state index in [2.05, 4.69) is 15.6 Å². The number of ether oxygens (including phenoxy) is 2. The predicted octanol–water partition coefficient (Wildman–Crippen LogP) is 5.17. The van der Waals surface area contributed by atoms with Crippen molar-refractivity contribution < 1.29 is 19.1 Å². The molecule has 0 aliphatic rings. The lowest BCUT2D eigenvalue weighted by Gasteiger charge is -2.25. The average Bonchev–Trinajstić information content (AvgIpc) is 2.95. The molecule has 4 N–H and O–H groups in total. The Hall–Kier alpha value is -4.79. The molecule has 3 aromatic carbocycles. The number of aromatic nitrogens is 1. The molecule has 1 atom stereocenters. The second-order valence-corrected chi connectivity index (χ2v) is 10.1. The van der Waals surface area contributed by atoms with E-state index in [1.165, 1.54) is 4.90 Å². The lowest BCUT2D eigenvalue weighted by Crippen LogP contribution is -2.34. The normalized spacial score (nSPS) is 11.7. The number of benzene rings is 3. The molecule has 9 heteroatoms. The quantitative estimate of drug-likeness (QED) is 0.234. The van der Waals surface area contributed by atoms with E-state index < -0.39 is 6.04 Å². The number of carbonyl (C=O) groups is 2. The maximum Gasteiger partial charge on any atom is 0.253 e. The van der Waals surface area contributed by atoms with Crippen molar-refractivity contribution in [2.24, 2.45) is 0 Å². The van der Waals surface area contributed by atoms with Crippen LogP contribution in [0.5, 0.6) is 11.5 Å². The van der Waals surface area contributed by atoms with E-state index in [-0.39, 0.29) is 24.5 Å². The number of fused-ring (bicyclic) bond motifs is 1. The van der Waals surface area contributed by atoms with Crippen molar-refractivity contribution in [1.29, 1.82) is 0 Å². The molecule has 0 fully saturated rings. The molecule has 0 saturated heterocycles. The van der Waals surface area contributed by atoms with Crippen molar-refractivity contribution >= 4 is 34.1 Å². The molecule has 4 aromatic rings. The fraction of sp³-hybridized carbons (Fsp3) is 0.281. The fourth-order valence-corrected chi connectivity index (χ4v) is 4.54. The van der Waals surface area contributed by atoms with E-state index in [0.29, 0.717) is 46.3 Å². The third-order valence-corrected chi connectivity index (χ3v) is 6.45. The van der Waals surface area contributed by atoms with Crippen LogP contribution in [0.3, 0.4) is 0 Å². The highest BCUT2D eigenvalue weighted by Crippen LogP contribution is 2.38. The number of nitrogen functional groups attached to an aromatic ring is 1. The number of nitrogens with one attached hydrogen (secondary N) is 2. The van der Waals surface area contributed by atoms with E-state index >= 15 is 0 Å². The van der Waals surface area contributed by atoms with Crippen LogP contribution in [0.4, 0.5) is 11.5 Å². The first-order valence-electron chi connectivity index (χ1n) is 13.6. The lowest BCUT2D eigenvalue weighted by atomic mass is 10.0. The monoisotopic (exact) mass is 555 g/mol. The third kappa shape index (κ3) is 6.87. The summed E-state index contributed by atoms with van der Waals surface area (Å²) in [7, 11) is 3.40. The standard InChI is InChI=1S/C32H37N5O4/c1-6-40-27-13-9-12-26(29(27)41-20(2)3)28(36-23-14-15-24-21(18-23)16-17-34-30(24)33)31(38)35-19-22-10-7-8-11-25(22)32(39)37(4)5/h7-18,20,28,36H,6,19H2,1-5H3,(H2,33,34)(H,35,38). The zero-order valence-electron chi connectivity index (χ0n) is 24.1. The van der Waals surface area contributed by atoms with E-state index in [9.17, 15) is 9.59 Å². The van der Waals surface area contributed by atoms with E-state index in [0.717, 1.165) is 10.8 Å². The van der Waals surface area contributed by atoms with Gasteiger partial charge < -0.3 is 30.7 Å². The van der Waals surface area contributed by atoms with Crippen molar-refractivity contribution in [3.8, 4) is 11.5 Å². The van der Waals surface area contributed by atoms with Crippen LogP contribution in [0, 0.1) is 0 Å². The molecule has 1 heterocycles. The molecule has 0 radical (unpaired) electrons. The maximum absolute atomic E-state index is 14.0. The Balaban J connectivity index is 1.73. The Morgan fingerprint density at radius 1 is 1.02 bits per heavy atom. The smallest absolute Gasteiger partial charge is 0.253 e. The zero-order chi connectivity index (χ0) is 29.5. The van der Waals surface area contributed by atoms with Crippen molar-refractivity contribution in [1.82, 2.24) is 15.2 Å². The molecule has 41 heavy (non-hydrogen) atoms. The van der Waals surface area contributed by atoms with Gasteiger partial charge in [-0.2, -0.15) is 0 Å². The summed E-state index contributed by atoms with van der Waals surface area (Å²) in [5, 5.41) is 8.14. The van der Waals surface area contributed by atoms with E-state index in [4.69, 9.17) is 15.2 Å². The molecular formula is C32H37N5O4. The number of anilines is 2. The molecule has 1 unspecified atom stereocenters. The van der Waals surface area contributed by atoms with Crippen LogP contribution in [0.1, 0.15) is 48.3 Å². The largest absolute Gasteiger partial charge is 0.490 e. The second-order valence-electron chi connectivity index (χ2n) is 10.1. The number of pyridine rings is 1. The van der Waals surface area contributed by atoms with Crippen LogP contribution in [0.15, 0.2) is 72.9 Å². The van der Waals surface area contributed by atoms with E-state index in [1.807, 2.05) is 81.4 Å². The molecule has 0 bridgehead atoms. The first-order valence-corrected chi connectivity index (χ1v) is 13.6. The minimum absolute atomic E-state index is 0.133. The van der Waals surface area contributed by atoms with Gasteiger partial charge in [0.1, 0.15) is 11.9 Å². The van der Waals surface area contributed by atoms with Gasteiger partial charge in [0.05, 0.1) is 12.7 Å². The van der Waals surface area contributed by atoms with Crippen LogP contribution in [0.2, 0.25) is 0 Å². The van der Waals surface area contributed by atoms with Crippen LogP contribution >= 0.6 is 0 Å². The Bertz CT molecular complexity index is 1540. The van der Waals surface area contributed by atoms with Gasteiger partial charge in [-0.25, -0.2) is 4.98 Å². The molecule has 2 amide bonds. The summed E-state index contributed by atoms with van der Waals surface area (Å²) in [6.07, 6.45) is 1.50. The van der Waals surface area contributed by atoms with Gasteiger partial charge in [-0.1, -0.05) is 30.3 Å². The van der Waals surface area contributed by atoms with Gasteiger partial charge in [-0.05, 0) is 68.1 Å². The highest BCUT2D eigenvalue weighted by molar-refractivity contribution is 5.96. The zero-order valence-corrected chi connectivity index (χ0v) is 24.1. The molecule has 0 aliphatic carbocycles. The number of amides is 2. The summed E-state index contributed by atoms with van der Waals surface area (Å²) in [4.78, 5) is 32.4. The summed E-state index contributed by atoms with van der Waals surface area (Å²) in [5.74, 6) is 1.05. The Morgan fingerprint density at radius 2 is 1.80 bits per heavy atom. The molecule has 0 aliphatic heterocycles. The molecule has 1 aromatic heterocycles. The fourth-order valence-electron chi connectivity index (χ4n) is 4.54. The van der Waals surface area contributed by atoms with Gasteiger partial charge in [0, 0.05) is 49.0 Å². The summed E-state index contributed by atoms with van der Waals surface area (Å²) in [6.45, 7) is 6.36. The number of nitrogens with two attached hydrogens (primary N) is 1. The Kier molecular flexibility index (Phi) is 9.29. The van der Waals surface area contributed by atoms with Crippen LogP contribution < -0.4 is 25.8 Å². The molecule has 0 spiro atoms. The lowest BCUT2D eigenvalue weighted by molar-refractivity contribution is -0.122. The van der Waals surface area contributed by atoms with Gasteiger partial charge >= 0.3 is 0 Å². The molecule has 9 nitrogen and oxygen atoms in total. The number of rotatable bonds is 11. The first-order chi connectivity index (χ1) is 19.7. The first kappa shape index (κ1) is 29.2. The second kappa shape index (κ2) is 13.0. The van der Waals surface area contributed by atoms with Gasteiger partial charge in [0.25, 0.3) is 5.91 Å². The highest BCUT2D eigenvalue weighted by atomic mass is 16.5. The number of nitrogens with zero attached hydrogens (tertiary/aromatic N) is 2. The predicted molar refractivity (Wildman–Crippen MR) is 162 cm³/mol. The third-order valence-electron chi connectivity index (χ3n) is 6.45. The highest BCUT2D eigenvalue weighted by Gasteiger charge is 2.27. The number of hydrogen-bond acceptors (Lipinski definition) is 7. The number of hydrogen-bond donors (Lipinski definition) is 3. The molecular weight excluding hydrogens is 518 g/mol. The summed E-state index contributed by atoms with van der Waals surface area (Å²) in [6, 6.07) is 19.5. The van der Waals surface area contributed by atoms with Gasteiger partial charge in [0.15, 0.2) is 11.5 Å². The van der Waals surface area contributed by atoms with Gasteiger partial charge in [-0.15, -0.1) is 0 Å². The summed E-state index contributed by atoms with van der Waals surface area (Å²) >= 11 is 0. The minimum Gasteiger partial charge on any atom is -0.490 e. The topological polar surface area (TPSA) is 119 Å². The van der Waals surface area contributed by atoms with Crippen molar-refractivity contribution in [2.45, 2.75) is 39.5 Å². The van der Waals surface area contributed by atoms with Crippen LogP contribution in [0.25, 0.3) is 10.8 Å². The molecule has 214 valence electrons. The Morgan fingerprint density at radius 3 is 2.54 bits per heavy atom. The van der Waals surface area contributed by atoms with Crippen molar-refractivity contribution in [3.63, 3.8) is 0 Å². The number of carbonyl (C=O) groups excluding carboxylic acids is 2.